The third-order valence-electron chi connectivity index (χ3n) is 2.36. The number of rotatable bonds is 6. The minimum atomic E-state index is -2.52. The van der Waals surface area contributed by atoms with Crippen molar-refractivity contribution in [1.29, 1.82) is 0 Å². The molecule has 0 radical (unpaired) electrons. The summed E-state index contributed by atoms with van der Waals surface area (Å²) in [6.07, 6.45) is -2.04. The van der Waals surface area contributed by atoms with Gasteiger partial charge < -0.3 is 9.84 Å². The molecule has 1 aromatic rings. The molecule has 5 heteroatoms. The van der Waals surface area contributed by atoms with Gasteiger partial charge in [-0.3, -0.25) is 4.79 Å². The van der Waals surface area contributed by atoms with Gasteiger partial charge in [-0.05, 0) is 24.1 Å². The predicted molar refractivity (Wildman–Crippen MR) is 58.6 cm³/mol. The summed E-state index contributed by atoms with van der Waals surface area (Å²) in [7, 11) is 0. The molecule has 17 heavy (non-hydrogen) atoms. The largest absolute Gasteiger partial charge is 0.488 e. The summed E-state index contributed by atoms with van der Waals surface area (Å²) < 4.78 is 28.6. The Balaban J connectivity index is 2.70. The lowest BCUT2D eigenvalue weighted by atomic mass is 9.97. The van der Waals surface area contributed by atoms with Gasteiger partial charge in [-0.1, -0.05) is 19.1 Å². The number of alkyl halides is 2. The highest BCUT2D eigenvalue weighted by Gasteiger charge is 2.17. The monoisotopic (exact) mass is 244 g/mol. The van der Waals surface area contributed by atoms with Gasteiger partial charge in [0.25, 0.3) is 6.43 Å². The Hall–Kier alpha value is -1.65. The Morgan fingerprint density at radius 3 is 2.35 bits per heavy atom. The normalized spacial score (nSPS) is 12.5. The van der Waals surface area contributed by atoms with E-state index < -0.39 is 24.9 Å². The van der Waals surface area contributed by atoms with Gasteiger partial charge in [0.1, 0.15) is 12.4 Å². The van der Waals surface area contributed by atoms with Crippen molar-refractivity contribution in [3.8, 4) is 5.75 Å². The highest BCUT2D eigenvalue weighted by Crippen LogP contribution is 2.22. The highest BCUT2D eigenvalue weighted by atomic mass is 19.3. The predicted octanol–water partition coefficient (Wildman–Crippen LogP) is 2.91. The van der Waals surface area contributed by atoms with Crippen LogP contribution in [0.15, 0.2) is 24.3 Å². The SMILES string of the molecule is CCC(C(=O)O)c1ccc(OCC(F)F)cc1. The topological polar surface area (TPSA) is 46.5 Å². The molecule has 0 aliphatic carbocycles. The van der Waals surface area contributed by atoms with Crippen LogP contribution in [-0.2, 0) is 4.79 Å². The molecule has 94 valence electrons. The first-order valence-corrected chi connectivity index (χ1v) is 5.28. The van der Waals surface area contributed by atoms with Crippen LogP contribution in [0.5, 0.6) is 5.75 Å². The van der Waals surface area contributed by atoms with E-state index in [1.165, 1.54) is 12.1 Å². The maximum absolute atomic E-state index is 11.9. The molecule has 0 saturated carbocycles. The van der Waals surface area contributed by atoms with Crippen molar-refractivity contribution in [2.24, 2.45) is 0 Å². The van der Waals surface area contributed by atoms with Crippen molar-refractivity contribution >= 4 is 5.97 Å². The fourth-order valence-corrected chi connectivity index (χ4v) is 1.51. The van der Waals surface area contributed by atoms with Crippen LogP contribution < -0.4 is 4.74 Å². The molecule has 0 saturated heterocycles. The van der Waals surface area contributed by atoms with Crippen LogP contribution in [0.25, 0.3) is 0 Å². The number of carboxylic acids is 1. The van der Waals surface area contributed by atoms with E-state index in [2.05, 4.69) is 0 Å². The third-order valence-corrected chi connectivity index (χ3v) is 2.36. The first kappa shape index (κ1) is 13.4. The van der Waals surface area contributed by atoms with Crippen LogP contribution in [0.3, 0.4) is 0 Å². The molecule has 0 aliphatic heterocycles. The fraction of sp³-hybridized carbons (Fsp3) is 0.417. The van der Waals surface area contributed by atoms with E-state index in [-0.39, 0.29) is 0 Å². The van der Waals surface area contributed by atoms with Gasteiger partial charge in [0.05, 0.1) is 5.92 Å². The van der Waals surface area contributed by atoms with E-state index >= 15 is 0 Å². The molecular formula is C12H14F2O3. The number of carbonyl (C=O) groups is 1. The molecule has 1 aromatic carbocycles. The molecule has 0 heterocycles. The van der Waals surface area contributed by atoms with Gasteiger partial charge in [0.2, 0.25) is 0 Å². The molecule has 1 atom stereocenters. The molecule has 0 bridgehead atoms. The van der Waals surface area contributed by atoms with E-state index in [4.69, 9.17) is 9.84 Å². The summed E-state index contributed by atoms with van der Waals surface area (Å²) in [6, 6.07) is 6.18. The summed E-state index contributed by atoms with van der Waals surface area (Å²) in [4.78, 5) is 10.9. The molecule has 1 unspecified atom stereocenters. The minimum Gasteiger partial charge on any atom is -0.488 e. The maximum Gasteiger partial charge on any atom is 0.310 e. The van der Waals surface area contributed by atoms with Crippen LogP contribution in [0, 0.1) is 0 Å². The van der Waals surface area contributed by atoms with Crippen molar-refractivity contribution in [2.45, 2.75) is 25.7 Å². The van der Waals surface area contributed by atoms with Crippen molar-refractivity contribution in [3.05, 3.63) is 29.8 Å². The number of carboxylic acid groups (broad SMARTS) is 1. The number of aliphatic carboxylic acids is 1. The van der Waals surface area contributed by atoms with E-state index in [1.807, 2.05) is 0 Å². The van der Waals surface area contributed by atoms with Gasteiger partial charge >= 0.3 is 5.97 Å². The molecule has 0 spiro atoms. The van der Waals surface area contributed by atoms with Crippen LogP contribution in [-0.4, -0.2) is 24.1 Å². The average molecular weight is 244 g/mol. The Bertz CT molecular complexity index is 363. The number of ether oxygens (including phenoxy) is 1. The second-order valence-electron chi connectivity index (χ2n) is 3.57. The molecule has 0 aliphatic rings. The standard InChI is InChI=1S/C12H14F2O3/c1-2-10(12(15)16)8-3-5-9(6-4-8)17-7-11(13)14/h3-6,10-11H,2,7H2,1H3,(H,15,16). The van der Waals surface area contributed by atoms with Crippen LogP contribution in [0.4, 0.5) is 8.78 Å². The van der Waals surface area contributed by atoms with E-state index in [1.54, 1.807) is 19.1 Å². The minimum absolute atomic E-state index is 0.314. The quantitative estimate of drug-likeness (QED) is 0.836. The van der Waals surface area contributed by atoms with Crippen molar-refractivity contribution < 1.29 is 23.4 Å². The number of hydrogen-bond acceptors (Lipinski definition) is 2. The summed E-state index contributed by atoms with van der Waals surface area (Å²) in [5.74, 6) is -1.15. The maximum atomic E-state index is 11.9. The fourth-order valence-electron chi connectivity index (χ4n) is 1.51. The van der Waals surface area contributed by atoms with Gasteiger partial charge in [-0.2, -0.15) is 0 Å². The Morgan fingerprint density at radius 1 is 1.35 bits per heavy atom. The van der Waals surface area contributed by atoms with Crippen molar-refractivity contribution in [3.63, 3.8) is 0 Å². The number of benzene rings is 1. The zero-order chi connectivity index (χ0) is 12.8. The third kappa shape index (κ3) is 4.01. The lowest BCUT2D eigenvalue weighted by Crippen LogP contribution is -2.10. The van der Waals surface area contributed by atoms with Crippen LogP contribution in [0.2, 0.25) is 0 Å². The Morgan fingerprint density at radius 2 is 1.94 bits per heavy atom. The Labute approximate surface area is 98.0 Å². The lowest BCUT2D eigenvalue weighted by Gasteiger charge is -2.11. The molecule has 0 fully saturated rings. The van der Waals surface area contributed by atoms with Gasteiger partial charge in [0, 0.05) is 0 Å². The zero-order valence-electron chi connectivity index (χ0n) is 9.40. The lowest BCUT2D eigenvalue weighted by molar-refractivity contribution is -0.138. The first-order valence-electron chi connectivity index (χ1n) is 5.28. The van der Waals surface area contributed by atoms with Crippen LogP contribution in [0.1, 0.15) is 24.8 Å². The summed E-state index contributed by atoms with van der Waals surface area (Å²) in [5.41, 5.74) is 0.643. The van der Waals surface area contributed by atoms with Gasteiger partial charge in [-0.15, -0.1) is 0 Å². The van der Waals surface area contributed by atoms with Crippen molar-refractivity contribution in [2.75, 3.05) is 6.61 Å². The smallest absolute Gasteiger partial charge is 0.310 e. The molecule has 0 aromatic heterocycles. The van der Waals surface area contributed by atoms with Crippen molar-refractivity contribution in [1.82, 2.24) is 0 Å². The summed E-state index contributed by atoms with van der Waals surface area (Å²) >= 11 is 0. The summed E-state index contributed by atoms with van der Waals surface area (Å²) in [5, 5.41) is 8.94. The van der Waals surface area contributed by atoms with E-state index in [9.17, 15) is 13.6 Å². The first-order chi connectivity index (χ1) is 8.04. The molecule has 3 nitrogen and oxygen atoms in total. The average Bonchev–Trinajstić information content (AvgIpc) is 2.28. The molecular weight excluding hydrogens is 230 g/mol. The van der Waals surface area contributed by atoms with E-state index in [0.29, 0.717) is 17.7 Å². The molecule has 1 N–H and O–H groups in total. The number of halogens is 2. The second kappa shape index (κ2) is 6.18. The van der Waals surface area contributed by atoms with Gasteiger partial charge in [0.15, 0.2) is 0 Å². The number of hydrogen-bond donors (Lipinski definition) is 1. The Kier molecular flexibility index (Phi) is 4.87. The highest BCUT2D eigenvalue weighted by molar-refractivity contribution is 5.76. The molecule has 1 rings (SSSR count). The van der Waals surface area contributed by atoms with Crippen LogP contribution >= 0.6 is 0 Å². The zero-order valence-corrected chi connectivity index (χ0v) is 9.40. The van der Waals surface area contributed by atoms with E-state index in [0.717, 1.165) is 0 Å². The summed E-state index contributed by atoms with van der Waals surface area (Å²) in [6.45, 7) is 1.12. The molecule has 0 amide bonds. The second-order valence-corrected chi connectivity index (χ2v) is 3.57. The van der Waals surface area contributed by atoms with Gasteiger partial charge in [-0.25, -0.2) is 8.78 Å².